The molecule has 25 heavy (non-hydrogen) atoms. The molecule has 1 aliphatic carbocycles. The number of carboxylic acids is 1. The van der Waals surface area contributed by atoms with Crippen LogP contribution in [0.3, 0.4) is 0 Å². The van der Waals surface area contributed by atoms with Crippen LogP contribution < -0.4 is 34.9 Å². The fourth-order valence-electron chi connectivity index (χ4n) is 3.70. The zero-order chi connectivity index (χ0) is 17.0. The summed E-state index contributed by atoms with van der Waals surface area (Å²) < 4.78 is 0. The van der Waals surface area contributed by atoms with E-state index in [1.807, 2.05) is 12.1 Å². The Labute approximate surface area is 176 Å². The van der Waals surface area contributed by atoms with Crippen LogP contribution in [0.15, 0.2) is 24.3 Å². The number of benzene rings is 1. The van der Waals surface area contributed by atoms with Crippen LogP contribution in [0.2, 0.25) is 0 Å². The van der Waals surface area contributed by atoms with Gasteiger partial charge in [-0.25, -0.2) is 4.79 Å². The molecule has 1 aromatic carbocycles. The minimum atomic E-state index is -0.870. The van der Waals surface area contributed by atoms with Crippen LogP contribution in [0.1, 0.15) is 88.8 Å². The third-order valence-corrected chi connectivity index (χ3v) is 5.22. The van der Waals surface area contributed by atoms with Gasteiger partial charge in [0, 0.05) is 12.2 Å². The van der Waals surface area contributed by atoms with Crippen molar-refractivity contribution in [3.63, 3.8) is 0 Å². The van der Waals surface area contributed by atoms with Crippen LogP contribution in [-0.4, -0.2) is 17.6 Å². The summed E-state index contributed by atoms with van der Waals surface area (Å²) in [6, 6.07) is 6.98. The largest absolute Gasteiger partial charge is 1.00 e. The van der Waals surface area contributed by atoms with E-state index in [-0.39, 0.29) is 31.0 Å². The number of nitrogens with one attached hydrogen (secondary N) is 1. The van der Waals surface area contributed by atoms with E-state index in [4.69, 9.17) is 5.11 Å². The van der Waals surface area contributed by atoms with Crippen molar-refractivity contribution in [1.29, 1.82) is 0 Å². The van der Waals surface area contributed by atoms with Gasteiger partial charge in [-0.05, 0) is 36.6 Å². The van der Waals surface area contributed by atoms with Gasteiger partial charge in [0.15, 0.2) is 0 Å². The predicted octanol–water partition coefficient (Wildman–Crippen LogP) is 3.22. The van der Waals surface area contributed by atoms with Crippen LogP contribution in [-0.2, 0) is 0 Å². The third-order valence-electron chi connectivity index (χ3n) is 5.22. The Kier molecular flexibility index (Phi) is 12.3. The number of carboxylic acid groups (broad SMARTS) is 1. The van der Waals surface area contributed by atoms with E-state index in [1.54, 1.807) is 12.1 Å². The summed E-state index contributed by atoms with van der Waals surface area (Å²) >= 11 is 0. The van der Waals surface area contributed by atoms with Gasteiger partial charge in [0.2, 0.25) is 0 Å². The van der Waals surface area contributed by atoms with E-state index >= 15 is 0 Å². The maximum Gasteiger partial charge on any atom is 1.00 e. The Hall–Kier alpha value is -0.510. The monoisotopic (exact) mass is 355 g/mol. The molecule has 3 nitrogen and oxygen atoms in total. The molecule has 0 aromatic heterocycles. The van der Waals surface area contributed by atoms with Gasteiger partial charge in [-0.2, -0.15) is 0 Å². The summed E-state index contributed by atoms with van der Waals surface area (Å²) in [5.41, 5.74) is 1.35. The third kappa shape index (κ3) is 9.67. The molecular formula is C21H34NNaO2. The van der Waals surface area contributed by atoms with Gasteiger partial charge < -0.3 is 11.8 Å². The van der Waals surface area contributed by atoms with Crippen LogP contribution in [0.5, 0.6) is 0 Å². The van der Waals surface area contributed by atoms with E-state index in [9.17, 15) is 4.79 Å². The molecule has 0 atom stereocenters. The Morgan fingerprint density at radius 3 is 2.20 bits per heavy atom. The Bertz CT molecular complexity index is 475. The average molecular weight is 355 g/mol. The maximum atomic E-state index is 10.8. The second-order valence-electron chi connectivity index (χ2n) is 7.22. The van der Waals surface area contributed by atoms with Crippen molar-refractivity contribution < 1.29 is 40.9 Å². The van der Waals surface area contributed by atoms with Gasteiger partial charge >= 0.3 is 35.5 Å². The molecule has 0 spiro atoms. The smallest absolute Gasteiger partial charge is 1.00 e. The predicted molar refractivity (Wildman–Crippen MR) is 102 cm³/mol. The molecule has 1 fully saturated rings. The summed E-state index contributed by atoms with van der Waals surface area (Å²) in [5.74, 6) is 0.167. The van der Waals surface area contributed by atoms with E-state index in [2.05, 4.69) is 5.32 Å². The molecule has 0 saturated heterocycles. The van der Waals surface area contributed by atoms with Gasteiger partial charge in [-0.15, -0.1) is 0 Å². The van der Waals surface area contributed by atoms with Crippen molar-refractivity contribution in [2.24, 2.45) is 5.92 Å². The molecule has 0 radical (unpaired) electrons. The van der Waals surface area contributed by atoms with Gasteiger partial charge in [0.25, 0.3) is 0 Å². The first-order valence-corrected chi connectivity index (χ1v) is 9.83. The molecule has 2 N–H and O–H groups in total. The van der Waals surface area contributed by atoms with Gasteiger partial charge in [0.1, 0.15) is 0 Å². The van der Waals surface area contributed by atoms with Gasteiger partial charge in [0.05, 0.1) is 5.56 Å². The number of carbonyl (C=O) groups is 1. The Morgan fingerprint density at radius 2 is 1.56 bits per heavy atom. The van der Waals surface area contributed by atoms with E-state index < -0.39 is 5.97 Å². The minimum Gasteiger partial charge on any atom is -1.00 e. The number of rotatable bonds is 11. The zero-order valence-electron chi connectivity index (χ0n) is 16.9. The van der Waals surface area contributed by atoms with Gasteiger partial charge in [-0.3, -0.25) is 0 Å². The molecule has 2 rings (SSSR count). The van der Waals surface area contributed by atoms with Crippen LogP contribution >= 0.6 is 0 Å². The molecule has 0 bridgehead atoms. The van der Waals surface area contributed by atoms with E-state index in [1.165, 1.54) is 77.0 Å². The molecule has 4 heteroatoms. The summed E-state index contributed by atoms with van der Waals surface area (Å²) in [6.07, 6.45) is 16.9. The molecule has 1 saturated carbocycles. The Balaban J connectivity index is 0.00000312. The van der Waals surface area contributed by atoms with Crippen molar-refractivity contribution in [1.82, 2.24) is 0 Å². The summed E-state index contributed by atoms with van der Waals surface area (Å²) in [4.78, 5) is 10.8. The number of aromatic carboxylic acids is 1. The molecule has 0 amide bonds. The molecule has 0 aliphatic heterocycles. The molecule has 0 heterocycles. The average Bonchev–Trinajstić information content (AvgIpc) is 2.61. The van der Waals surface area contributed by atoms with Crippen LogP contribution in [0, 0.1) is 5.92 Å². The standard InChI is InChI=1S/C21H33NO2.Na.H/c23-21(24)19-13-15-20(16-14-19)22-17-9-4-2-1-3-6-10-18-11-7-5-8-12-18;;/h13-16,18,22H,1-12,17H2,(H,23,24);;/q;+1;-1. The molecule has 136 valence electrons. The fraction of sp³-hybridized carbons (Fsp3) is 0.667. The summed E-state index contributed by atoms with van der Waals surface area (Å²) in [6.45, 7) is 0.967. The SMILES string of the molecule is O=C(O)c1ccc(NCCCCCCCCC2CCCCC2)cc1.[H-].[Na+]. The summed E-state index contributed by atoms with van der Waals surface area (Å²) in [7, 11) is 0. The minimum absolute atomic E-state index is 0. The number of hydrogen-bond donors (Lipinski definition) is 2. The molecule has 1 aliphatic rings. The van der Waals surface area contributed by atoms with Crippen molar-refractivity contribution >= 4 is 11.7 Å². The quantitative estimate of drug-likeness (QED) is 0.473. The molecular weight excluding hydrogens is 321 g/mol. The molecule has 1 aromatic rings. The number of anilines is 1. The van der Waals surface area contributed by atoms with Crippen molar-refractivity contribution in [3.8, 4) is 0 Å². The van der Waals surface area contributed by atoms with Crippen molar-refractivity contribution in [2.75, 3.05) is 11.9 Å². The Morgan fingerprint density at radius 1 is 0.960 bits per heavy atom. The van der Waals surface area contributed by atoms with Crippen LogP contribution in [0.25, 0.3) is 0 Å². The van der Waals surface area contributed by atoms with Crippen molar-refractivity contribution in [2.45, 2.75) is 77.0 Å². The normalized spacial score (nSPS) is 14.7. The fourth-order valence-corrected chi connectivity index (χ4v) is 3.70. The first-order valence-electron chi connectivity index (χ1n) is 9.83. The zero-order valence-corrected chi connectivity index (χ0v) is 17.9. The number of unbranched alkanes of at least 4 members (excludes halogenated alkanes) is 5. The second kappa shape index (κ2) is 13.7. The van der Waals surface area contributed by atoms with Crippen LogP contribution in [0.4, 0.5) is 5.69 Å². The topological polar surface area (TPSA) is 49.3 Å². The second-order valence-corrected chi connectivity index (χ2v) is 7.22. The van der Waals surface area contributed by atoms with E-state index in [0.717, 1.165) is 18.2 Å². The summed E-state index contributed by atoms with van der Waals surface area (Å²) in [5, 5.41) is 12.2. The number of hydrogen-bond acceptors (Lipinski definition) is 2. The first kappa shape index (κ1) is 22.5. The molecule has 0 unspecified atom stereocenters. The first-order chi connectivity index (χ1) is 11.8. The van der Waals surface area contributed by atoms with E-state index in [0.29, 0.717) is 5.56 Å². The van der Waals surface area contributed by atoms with Gasteiger partial charge in [-0.1, -0.05) is 70.6 Å². The van der Waals surface area contributed by atoms with Crippen molar-refractivity contribution in [3.05, 3.63) is 29.8 Å². The maximum absolute atomic E-state index is 10.8.